The summed E-state index contributed by atoms with van der Waals surface area (Å²) in [7, 11) is 0. The third-order valence-corrected chi connectivity index (χ3v) is 2.24. The Morgan fingerprint density at radius 1 is 0.524 bits per heavy atom. The Labute approximate surface area is 117 Å². The van der Waals surface area contributed by atoms with Crippen LogP contribution < -0.4 is 0 Å². The standard InChI is InChI=1S/C6H4N2O4.C6H5NO2/c9-7(10)5-1-2-6(4-3-5)8(11)12;8-7(9)6-4-2-1-3-5-6/h1-4H;1-5H. The molecule has 0 atom stereocenters. The minimum Gasteiger partial charge on any atom is -0.258 e. The van der Waals surface area contributed by atoms with E-state index in [0.29, 0.717) is 0 Å². The largest absolute Gasteiger partial charge is 0.269 e. The lowest BCUT2D eigenvalue weighted by molar-refractivity contribution is -0.389. The van der Waals surface area contributed by atoms with Gasteiger partial charge in [0.15, 0.2) is 0 Å². The molecule has 0 aliphatic rings. The van der Waals surface area contributed by atoms with E-state index in [4.69, 9.17) is 0 Å². The molecule has 0 amide bonds. The monoisotopic (exact) mass is 291 g/mol. The fourth-order valence-corrected chi connectivity index (χ4v) is 1.25. The van der Waals surface area contributed by atoms with Crippen molar-refractivity contribution in [3.8, 4) is 0 Å². The summed E-state index contributed by atoms with van der Waals surface area (Å²) in [6.07, 6.45) is 0. The van der Waals surface area contributed by atoms with Crippen molar-refractivity contribution in [2.24, 2.45) is 0 Å². The van der Waals surface area contributed by atoms with Gasteiger partial charge in [-0.2, -0.15) is 0 Å². The van der Waals surface area contributed by atoms with Crippen LogP contribution in [-0.4, -0.2) is 14.8 Å². The molecule has 9 heteroatoms. The molecule has 9 nitrogen and oxygen atoms in total. The Balaban J connectivity index is 0.000000219. The van der Waals surface area contributed by atoms with E-state index < -0.39 is 14.8 Å². The van der Waals surface area contributed by atoms with Crippen molar-refractivity contribution >= 4 is 17.1 Å². The van der Waals surface area contributed by atoms with Gasteiger partial charge in [0.2, 0.25) is 0 Å². The van der Waals surface area contributed by atoms with E-state index in [1.807, 2.05) is 0 Å². The minimum atomic E-state index is -0.607. The van der Waals surface area contributed by atoms with Crippen LogP contribution in [0.3, 0.4) is 0 Å². The first kappa shape index (κ1) is 15.7. The Morgan fingerprint density at radius 3 is 1.05 bits per heavy atom. The van der Waals surface area contributed by atoms with Gasteiger partial charge in [-0.15, -0.1) is 0 Å². The summed E-state index contributed by atoms with van der Waals surface area (Å²) in [5, 5.41) is 30.2. The SMILES string of the molecule is O=[N+]([O-])c1ccc([N+](=O)[O-])cc1.O=[N+]([O-])c1ccccc1. The molecular weight excluding hydrogens is 282 g/mol. The zero-order valence-electron chi connectivity index (χ0n) is 10.5. The maximum atomic E-state index is 10.1. The second-order valence-corrected chi connectivity index (χ2v) is 3.62. The number of nitro groups is 3. The van der Waals surface area contributed by atoms with Crippen LogP contribution in [0.5, 0.6) is 0 Å². The summed E-state index contributed by atoms with van der Waals surface area (Å²) < 4.78 is 0. The van der Waals surface area contributed by atoms with Gasteiger partial charge in [0.05, 0.1) is 14.8 Å². The second-order valence-electron chi connectivity index (χ2n) is 3.62. The molecule has 21 heavy (non-hydrogen) atoms. The molecule has 2 aromatic rings. The van der Waals surface area contributed by atoms with Gasteiger partial charge in [-0.1, -0.05) is 18.2 Å². The van der Waals surface area contributed by atoms with Crippen molar-refractivity contribution in [1.29, 1.82) is 0 Å². The molecule has 0 aromatic heterocycles. The van der Waals surface area contributed by atoms with E-state index >= 15 is 0 Å². The number of rotatable bonds is 3. The third kappa shape index (κ3) is 5.03. The Hall–Kier alpha value is -3.36. The van der Waals surface area contributed by atoms with E-state index in [1.54, 1.807) is 18.2 Å². The van der Waals surface area contributed by atoms with Crippen LogP contribution in [0, 0.1) is 30.3 Å². The summed E-state index contributed by atoms with van der Waals surface area (Å²) in [6, 6.07) is 12.3. The first-order valence-corrected chi connectivity index (χ1v) is 5.50. The minimum absolute atomic E-state index is 0.137. The molecule has 0 aliphatic carbocycles. The van der Waals surface area contributed by atoms with Crippen LogP contribution in [0.15, 0.2) is 54.6 Å². The van der Waals surface area contributed by atoms with Gasteiger partial charge in [-0.3, -0.25) is 30.3 Å². The number of non-ortho nitro benzene ring substituents is 3. The van der Waals surface area contributed by atoms with Crippen molar-refractivity contribution in [1.82, 2.24) is 0 Å². The summed E-state index contributed by atoms with van der Waals surface area (Å²) in [4.78, 5) is 28.6. The lowest BCUT2D eigenvalue weighted by Crippen LogP contribution is -1.90. The number of nitrogens with zero attached hydrogens (tertiary/aromatic N) is 3. The van der Waals surface area contributed by atoms with Crippen LogP contribution in [-0.2, 0) is 0 Å². The van der Waals surface area contributed by atoms with Gasteiger partial charge in [-0.25, -0.2) is 0 Å². The highest BCUT2D eigenvalue weighted by Crippen LogP contribution is 2.16. The molecule has 2 rings (SSSR count). The zero-order chi connectivity index (χ0) is 15.8. The summed E-state index contributed by atoms with van der Waals surface area (Å²) >= 11 is 0. The lowest BCUT2D eigenvalue weighted by atomic mass is 10.3. The maximum Gasteiger partial charge on any atom is 0.269 e. The Morgan fingerprint density at radius 2 is 0.810 bits per heavy atom. The van der Waals surface area contributed by atoms with E-state index in [2.05, 4.69) is 0 Å². The van der Waals surface area contributed by atoms with Crippen molar-refractivity contribution in [3.63, 3.8) is 0 Å². The number of para-hydroxylation sites is 1. The fraction of sp³-hybridized carbons (Fsp3) is 0. The molecular formula is C12H9N3O6. The van der Waals surface area contributed by atoms with Crippen molar-refractivity contribution in [2.45, 2.75) is 0 Å². The van der Waals surface area contributed by atoms with Gasteiger partial charge in [0, 0.05) is 36.4 Å². The molecule has 0 spiro atoms. The van der Waals surface area contributed by atoms with E-state index in [1.165, 1.54) is 12.1 Å². The highest BCUT2D eigenvalue weighted by Gasteiger charge is 2.08. The van der Waals surface area contributed by atoms with Crippen LogP contribution in [0.25, 0.3) is 0 Å². The van der Waals surface area contributed by atoms with Gasteiger partial charge < -0.3 is 0 Å². The molecule has 0 radical (unpaired) electrons. The number of hydrogen-bond donors (Lipinski definition) is 0. The number of nitro benzene ring substituents is 3. The Kier molecular flexibility index (Phi) is 5.44. The molecule has 0 bridgehead atoms. The smallest absolute Gasteiger partial charge is 0.258 e. The molecule has 0 heterocycles. The van der Waals surface area contributed by atoms with E-state index in [0.717, 1.165) is 24.3 Å². The predicted molar refractivity (Wildman–Crippen MR) is 72.8 cm³/mol. The first-order chi connectivity index (χ1) is 9.91. The molecule has 0 N–H and O–H groups in total. The molecule has 2 aromatic carbocycles. The topological polar surface area (TPSA) is 129 Å². The quantitative estimate of drug-likeness (QED) is 0.630. The molecule has 0 saturated carbocycles. The zero-order valence-corrected chi connectivity index (χ0v) is 10.5. The summed E-state index contributed by atoms with van der Waals surface area (Å²) in [6.45, 7) is 0. The van der Waals surface area contributed by atoms with Crippen LogP contribution >= 0.6 is 0 Å². The molecule has 108 valence electrons. The molecule has 0 saturated heterocycles. The number of hydrogen-bond acceptors (Lipinski definition) is 6. The molecule has 0 unspecified atom stereocenters. The lowest BCUT2D eigenvalue weighted by Gasteiger charge is -1.90. The average molecular weight is 291 g/mol. The van der Waals surface area contributed by atoms with Crippen molar-refractivity contribution in [3.05, 3.63) is 84.9 Å². The van der Waals surface area contributed by atoms with Crippen LogP contribution in [0.2, 0.25) is 0 Å². The van der Waals surface area contributed by atoms with Crippen LogP contribution in [0.1, 0.15) is 0 Å². The second kappa shape index (κ2) is 7.28. The third-order valence-electron chi connectivity index (χ3n) is 2.24. The predicted octanol–water partition coefficient (Wildman–Crippen LogP) is 3.10. The maximum absolute atomic E-state index is 10.1. The van der Waals surface area contributed by atoms with Gasteiger partial charge in [0.1, 0.15) is 0 Å². The van der Waals surface area contributed by atoms with E-state index in [-0.39, 0.29) is 17.1 Å². The van der Waals surface area contributed by atoms with Gasteiger partial charge in [0.25, 0.3) is 17.1 Å². The average Bonchev–Trinajstić information content (AvgIpc) is 2.49. The Bertz CT molecular complexity index is 609. The normalized spacial score (nSPS) is 9.14. The fourth-order valence-electron chi connectivity index (χ4n) is 1.25. The number of benzene rings is 2. The molecule has 0 fully saturated rings. The van der Waals surface area contributed by atoms with Crippen molar-refractivity contribution in [2.75, 3.05) is 0 Å². The first-order valence-electron chi connectivity index (χ1n) is 5.50. The van der Waals surface area contributed by atoms with E-state index in [9.17, 15) is 30.3 Å². The molecule has 0 aliphatic heterocycles. The van der Waals surface area contributed by atoms with Gasteiger partial charge in [-0.05, 0) is 0 Å². The van der Waals surface area contributed by atoms with Crippen molar-refractivity contribution < 1.29 is 14.8 Å². The van der Waals surface area contributed by atoms with Gasteiger partial charge >= 0.3 is 0 Å². The summed E-state index contributed by atoms with van der Waals surface area (Å²) in [5.74, 6) is 0. The van der Waals surface area contributed by atoms with Crippen LogP contribution in [0.4, 0.5) is 17.1 Å². The highest BCUT2D eigenvalue weighted by molar-refractivity contribution is 5.39. The highest BCUT2D eigenvalue weighted by atomic mass is 16.6. The summed E-state index contributed by atoms with van der Waals surface area (Å²) in [5.41, 5.74) is -0.168.